The molecule has 0 unspecified atom stereocenters. The van der Waals surface area contributed by atoms with Gasteiger partial charge in [-0.15, -0.1) is 12.4 Å². The molecule has 4 aromatic heterocycles. The molecule has 30 heavy (non-hydrogen) atoms. The Balaban J connectivity index is 0.00000218. The number of anilines is 1. The molecule has 8 nitrogen and oxygen atoms in total. The Morgan fingerprint density at radius 3 is 2.80 bits per heavy atom. The Morgan fingerprint density at radius 1 is 1.23 bits per heavy atom. The Hall–Kier alpha value is -2.80. The van der Waals surface area contributed by atoms with Gasteiger partial charge in [0.1, 0.15) is 16.4 Å². The molecule has 10 heteroatoms. The molecule has 1 saturated heterocycles. The van der Waals surface area contributed by atoms with E-state index in [0.717, 1.165) is 52.7 Å². The number of piperidine rings is 1. The van der Waals surface area contributed by atoms with Crippen LogP contribution in [0.1, 0.15) is 24.1 Å². The summed E-state index contributed by atoms with van der Waals surface area (Å²) in [6, 6.07) is 4.52. The van der Waals surface area contributed by atoms with Gasteiger partial charge in [0.05, 0.1) is 17.5 Å². The molecule has 0 aromatic carbocycles. The second-order valence-corrected chi connectivity index (χ2v) is 8.30. The summed E-state index contributed by atoms with van der Waals surface area (Å²) < 4.78 is 1.86. The van der Waals surface area contributed by atoms with Crippen LogP contribution in [0.25, 0.3) is 27.4 Å². The predicted molar refractivity (Wildman–Crippen MR) is 120 cm³/mol. The normalized spacial score (nSPS) is 14.6. The van der Waals surface area contributed by atoms with Crippen LogP contribution in [0.3, 0.4) is 0 Å². The Morgan fingerprint density at radius 2 is 2.03 bits per heavy atom. The van der Waals surface area contributed by atoms with Gasteiger partial charge in [-0.1, -0.05) is 11.3 Å². The molecule has 4 aromatic rings. The van der Waals surface area contributed by atoms with E-state index in [1.165, 1.54) is 0 Å². The van der Waals surface area contributed by atoms with Crippen LogP contribution in [0.2, 0.25) is 0 Å². The third-order valence-corrected chi connectivity index (χ3v) is 6.40. The van der Waals surface area contributed by atoms with Crippen LogP contribution in [0.15, 0.2) is 24.7 Å². The van der Waals surface area contributed by atoms with E-state index in [-0.39, 0.29) is 12.4 Å². The number of imidazole rings is 1. The maximum Gasteiger partial charge on any atom is 0.187 e. The number of nitrogens with zero attached hydrogens (tertiary/aromatic N) is 7. The number of aromatic nitrogens is 5. The molecule has 5 rings (SSSR count). The van der Waals surface area contributed by atoms with Gasteiger partial charge in [0, 0.05) is 31.0 Å². The highest BCUT2D eigenvalue weighted by atomic mass is 35.5. The first-order chi connectivity index (χ1) is 14.1. The molecule has 0 amide bonds. The minimum atomic E-state index is 0. The number of pyridine rings is 1. The SMILES string of the molecule is Cc1cn2cc(-c3ncc4nc(N(C)C5CCNCC5)sc4n3)cc(C#N)c2n1.Cl. The number of halogens is 1. The van der Waals surface area contributed by atoms with Crippen molar-refractivity contribution in [1.82, 2.24) is 29.7 Å². The third kappa shape index (κ3) is 3.58. The second kappa shape index (κ2) is 8.14. The van der Waals surface area contributed by atoms with E-state index in [4.69, 9.17) is 9.97 Å². The summed E-state index contributed by atoms with van der Waals surface area (Å²) in [7, 11) is 2.11. The highest BCUT2D eigenvalue weighted by Crippen LogP contribution is 2.30. The Kier molecular flexibility index (Phi) is 5.56. The number of hydrogen-bond donors (Lipinski definition) is 1. The van der Waals surface area contributed by atoms with Crippen molar-refractivity contribution in [2.75, 3.05) is 25.0 Å². The lowest BCUT2D eigenvalue weighted by molar-refractivity contribution is 0.443. The topological polar surface area (TPSA) is 95.0 Å². The zero-order chi connectivity index (χ0) is 20.0. The largest absolute Gasteiger partial charge is 0.348 e. The number of hydrogen-bond acceptors (Lipinski definition) is 8. The van der Waals surface area contributed by atoms with Gasteiger partial charge >= 0.3 is 0 Å². The van der Waals surface area contributed by atoms with E-state index < -0.39 is 0 Å². The molecule has 1 aliphatic rings. The van der Waals surface area contributed by atoms with Crippen LogP contribution < -0.4 is 10.2 Å². The minimum Gasteiger partial charge on any atom is -0.348 e. The standard InChI is InChI=1S/C20H20N8S.ClH/c1-12-10-28-11-14(7-13(8-21)18(28)24-12)17-23-9-16-19(26-17)29-20(25-16)27(2)15-3-5-22-6-4-15;/h7,9-11,15,22H,3-6H2,1-2H3;1H. The van der Waals surface area contributed by atoms with Crippen molar-refractivity contribution >= 4 is 44.9 Å². The van der Waals surface area contributed by atoms with Gasteiger partial charge in [-0.3, -0.25) is 0 Å². The van der Waals surface area contributed by atoms with Crippen molar-refractivity contribution < 1.29 is 0 Å². The lowest BCUT2D eigenvalue weighted by atomic mass is 10.1. The van der Waals surface area contributed by atoms with Crippen LogP contribution in [0.5, 0.6) is 0 Å². The van der Waals surface area contributed by atoms with Crippen molar-refractivity contribution in [3.63, 3.8) is 0 Å². The number of nitriles is 1. The molecular formula is C20H21ClN8S. The lowest BCUT2D eigenvalue weighted by Crippen LogP contribution is -2.41. The van der Waals surface area contributed by atoms with Gasteiger partial charge in [-0.05, 0) is 38.9 Å². The Bertz CT molecular complexity index is 1250. The van der Waals surface area contributed by atoms with E-state index in [9.17, 15) is 5.26 Å². The van der Waals surface area contributed by atoms with Crippen LogP contribution in [-0.4, -0.2) is 50.5 Å². The fourth-order valence-electron chi connectivity index (χ4n) is 3.79. The van der Waals surface area contributed by atoms with E-state index >= 15 is 0 Å². The second-order valence-electron chi connectivity index (χ2n) is 7.34. The zero-order valence-electron chi connectivity index (χ0n) is 16.7. The molecular weight excluding hydrogens is 420 g/mol. The summed E-state index contributed by atoms with van der Waals surface area (Å²) in [6.07, 6.45) is 7.82. The van der Waals surface area contributed by atoms with E-state index in [1.807, 2.05) is 23.7 Å². The highest BCUT2D eigenvalue weighted by Gasteiger charge is 2.21. The zero-order valence-corrected chi connectivity index (χ0v) is 18.3. The van der Waals surface area contributed by atoms with Crippen molar-refractivity contribution in [2.24, 2.45) is 0 Å². The number of nitrogens with one attached hydrogen (secondary N) is 1. The first kappa shape index (κ1) is 20.5. The van der Waals surface area contributed by atoms with Gasteiger partial charge in [0.25, 0.3) is 0 Å². The molecule has 0 bridgehead atoms. The average molecular weight is 441 g/mol. The van der Waals surface area contributed by atoms with Crippen LogP contribution in [-0.2, 0) is 0 Å². The van der Waals surface area contributed by atoms with Crippen molar-refractivity contribution in [2.45, 2.75) is 25.8 Å². The summed E-state index contributed by atoms with van der Waals surface area (Å²) >= 11 is 1.58. The molecule has 5 heterocycles. The molecule has 0 saturated carbocycles. The Labute approximate surface area is 184 Å². The van der Waals surface area contributed by atoms with Crippen molar-refractivity contribution in [3.8, 4) is 17.5 Å². The smallest absolute Gasteiger partial charge is 0.187 e. The number of fused-ring (bicyclic) bond motifs is 2. The maximum absolute atomic E-state index is 9.51. The van der Waals surface area contributed by atoms with Gasteiger partial charge in [-0.25, -0.2) is 19.9 Å². The van der Waals surface area contributed by atoms with E-state index in [2.05, 4.69) is 33.3 Å². The third-order valence-electron chi connectivity index (χ3n) is 5.35. The molecule has 1 aliphatic heterocycles. The van der Waals surface area contributed by atoms with Gasteiger partial charge in [-0.2, -0.15) is 5.26 Å². The lowest BCUT2D eigenvalue weighted by Gasteiger charge is -2.31. The van der Waals surface area contributed by atoms with E-state index in [0.29, 0.717) is 23.1 Å². The van der Waals surface area contributed by atoms with Gasteiger partial charge in [0.15, 0.2) is 16.6 Å². The van der Waals surface area contributed by atoms with Crippen LogP contribution in [0.4, 0.5) is 5.13 Å². The predicted octanol–water partition coefficient (Wildman–Crippen LogP) is 3.19. The fourth-order valence-corrected chi connectivity index (χ4v) is 4.73. The van der Waals surface area contributed by atoms with Gasteiger partial charge < -0.3 is 14.6 Å². The summed E-state index contributed by atoms with van der Waals surface area (Å²) in [5.74, 6) is 0.585. The van der Waals surface area contributed by atoms with Crippen LogP contribution >= 0.6 is 23.7 Å². The van der Waals surface area contributed by atoms with Crippen LogP contribution in [0, 0.1) is 18.3 Å². The summed E-state index contributed by atoms with van der Waals surface area (Å²) in [4.78, 5) is 21.5. The van der Waals surface area contributed by atoms with Crippen molar-refractivity contribution in [1.29, 1.82) is 5.26 Å². The average Bonchev–Trinajstić information content (AvgIpc) is 3.34. The first-order valence-corrected chi connectivity index (χ1v) is 10.4. The summed E-state index contributed by atoms with van der Waals surface area (Å²) in [5, 5.41) is 13.9. The molecule has 1 fully saturated rings. The fraction of sp³-hybridized carbons (Fsp3) is 0.350. The molecule has 0 aliphatic carbocycles. The number of rotatable bonds is 3. The number of aryl methyl sites for hydroxylation is 1. The molecule has 1 N–H and O–H groups in total. The number of thiazole rings is 1. The quantitative estimate of drug-likeness (QED) is 0.522. The minimum absolute atomic E-state index is 0. The maximum atomic E-state index is 9.51. The van der Waals surface area contributed by atoms with Crippen molar-refractivity contribution in [3.05, 3.63) is 35.9 Å². The highest BCUT2D eigenvalue weighted by molar-refractivity contribution is 7.21. The van der Waals surface area contributed by atoms with Gasteiger partial charge in [0.2, 0.25) is 0 Å². The van der Waals surface area contributed by atoms with E-state index in [1.54, 1.807) is 23.6 Å². The first-order valence-electron chi connectivity index (χ1n) is 9.59. The molecule has 0 atom stereocenters. The molecule has 0 spiro atoms. The molecule has 0 radical (unpaired) electrons. The summed E-state index contributed by atoms with van der Waals surface area (Å²) in [6.45, 7) is 4.00. The monoisotopic (exact) mass is 440 g/mol. The molecule has 154 valence electrons. The summed E-state index contributed by atoms with van der Waals surface area (Å²) in [5.41, 5.74) is 3.61.